The summed E-state index contributed by atoms with van der Waals surface area (Å²) in [4.78, 5) is 20.4. The van der Waals surface area contributed by atoms with E-state index in [1.54, 1.807) is 18.3 Å². The third-order valence-electron chi connectivity index (χ3n) is 3.09. The van der Waals surface area contributed by atoms with Crippen LogP contribution in [0.2, 0.25) is 5.02 Å². The van der Waals surface area contributed by atoms with Gasteiger partial charge in [0.25, 0.3) is 5.91 Å². The second-order valence-electron chi connectivity index (χ2n) is 4.77. The van der Waals surface area contributed by atoms with Crippen LogP contribution < -0.4 is 10.1 Å². The molecule has 1 N–H and O–H groups in total. The highest BCUT2D eigenvalue weighted by atomic mass is 79.9. The number of carbonyl (C=O) groups is 1. The van der Waals surface area contributed by atoms with Gasteiger partial charge in [0, 0.05) is 22.3 Å². The number of rotatable bonds is 4. The van der Waals surface area contributed by atoms with Gasteiger partial charge in [-0.25, -0.2) is 4.98 Å². The zero-order valence-corrected chi connectivity index (χ0v) is 16.0. The summed E-state index contributed by atoms with van der Waals surface area (Å²) in [5, 5.41) is 4.04. The van der Waals surface area contributed by atoms with Crippen LogP contribution in [-0.4, -0.2) is 22.5 Å². The Morgan fingerprint density at radius 1 is 1.21 bits per heavy atom. The molecule has 0 aliphatic carbocycles. The van der Waals surface area contributed by atoms with Crippen LogP contribution in [0.15, 0.2) is 51.7 Å². The van der Waals surface area contributed by atoms with Crippen LogP contribution in [0, 0.1) is 0 Å². The van der Waals surface area contributed by atoms with E-state index in [4.69, 9.17) is 16.3 Å². The summed E-state index contributed by atoms with van der Waals surface area (Å²) in [5.41, 5.74) is 0.663. The van der Waals surface area contributed by atoms with Gasteiger partial charge in [-0.1, -0.05) is 33.6 Å². The van der Waals surface area contributed by atoms with Crippen molar-refractivity contribution in [3.63, 3.8) is 0 Å². The highest BCUT2D eigenvalue weighted by molar-refractivity contribution is 9.11. The third-order valence-corrected chi connectivity index (χ3v) is 4.56. The molecule has 0 saturated carbocycles. The quantitative estimate of drug-likeness (QED) is 0.592. The van der Waals surface area contributed by atoms with Crippen molar-refractivity contribution in [3.8, 4) is 5.75 Å². The summed E-state index contributed by atoms with van der Waals surface area (Å²) < 4.78 is 7.26. The van der Waals surface area contributed by atoms with Crippen molar-refractivity contribution in [1.29, 1.82) is 0 Å². The first-order valence-corrected chi connectivity index (χ1v) is 8.78. The third kappa shape index (κ3) is 3.85. The molecule has 8 heteroatoms. The minimum Gasteiger partial charge on any atom is -0.480 e. The lowest BCUT2D eigenvalue weighted by molar-refractivity contribution is -0.118. The highest BCUT2D eigenvalue weighted by Crippen LogP contribution is 2.37. The fraction of sp³-hybridized carbons (Fsp3) is 0.0625. The summed E-state index contributed by atoms with van der Waals surface area (Å²) in [5.74, 6) is 0.586. The van der Waals surface area contributed by atoms with E-state index in [0.717, 1.165) is 9.86 Å². The molecule has 0 fully saturated rings. The minimum absolute atomic E-state index is 0.170. The van der Waals surface area contributed by atoms with Gasteiger partial charge in [0.1, 0.15) is 11.3 Å². The number of hydrogen-bond acceptors (Lipinski definition) is 4. The first-order valence-electron chi connectivity index (χ1n) is 6.81. The SMILES string of the molecule is O=C(COc1c(Br)cc(Br)c2cccnc12)Nc1ccc(Cl)cn1. The Hall–Kier alpha value is -1.70. The second-order valence-corrected chi connectivity index (χ2v) is 6.91. The van der Waals surface area contributed by atoms with Gasteiger partial charge >= 0.3 is 0 Å². The molecule has 1 aromatic carbocycles. The number of carbonyl (C=O) groups excluding carboxylic acids is 1. The fourth-order valence-electron chi connectivity index (χ4n) is 2.05. The van der Waals surface area contributed by atoms with E-state index < -0.39 is 0 Å². The van der Waals surface area contributed by atoms with Crippen LogP contribution in [-0.2, 0) is 4.79 Å². The number of amides is 1. The van der Waals surface area contributed by atoms with Crippen LogP contribution in [0.3, 0.4) is 0 Å². The Morgan fingerprint density at radius 2 is 2.04 bits per heavy atom. The number of halogens is 3. The molecule has 0 radical (unpaired) electrons. The first-order chi connectivity index (χ1) is 11.5. The number of fused-ring (bicyclic) bond motifs is 1. The lowest BCUT2D eigenvalue weighted by atomic mass is 10.2. The van der Waals surface area contributed by atoms with Crippen molar-refractivity contribution in [1.82, 2.24) is 9.97 Å². The average molecular weight is 472 g/mol. The number of hydrogen-bond donors (Lipinski definition) is 1. The van der Waals surface area contributed by atoms with Crippen molar-refractivity contribution in [3.05, 3.63) is 56.7 Å². The number of aromatic nitrogens is 2. The van der Waals surface area contributed by atoms with Crippen LogP contribution >= 0.6 is 43.5 Å². The Labute approximate surface area is 159 Å². The standard InChI is InChI=1S/C16H10Br2ClN3O2/c17-11-6-12(18)16(15-10(11)2-1-5-20-15)24-8-14(23)22-13-4-3-9(19)7-21-13/h1-7H,8H2,(H,21,22,23). The lowest BCUT2D eigenvalue weighted by Gasteiger charge is -2.12. The Morgan fingerprint density at radius 3 is 2.79 bits per heavy atom. The predicted octanol–water partition coefficient (Wildman–Crippen LogP) is 4.83. The van der Waals surface area contributed by atoms with Crippen molar-refractivity contribution >= 4 is 66.1 Å². The summed E-state index contributed by atoms with van der Waals surface area (Å²) in [6.45, 7) is -0.170. The van der Waals surface area contributed by atoms with Gasteiger partial charge < -0.3 is 10.1 Å². The lowest BCUT2D eigenvalue weighted by Crippen LogP contribution is -2.21. The van der Waals surface area contributed by atoms with E-state index in [1.165, 1.54) is 6.20 Å². The number of benzene rings is 1. The van der Waals surface area contributed by atoms with Crippen molar-refractivity contribution in [2.75, 3.05) is 11.9 Å². The normalized spacial score (nSPS) is 10.6. The van der Waals surface area contributed by atoms with Crippen molar-refractivity contribution in [2.24, 2.45) is 0 Å². The number of pyridine rings is 2. The molecular weight excluding hydrogens is 461 g/mol. The van der Waals surface area contributed by atoms with Crippen LogP contribution in [0.1, 0.15) is 0 Å². The van der Waals surface area contributed by atoms with Gasteiger partial charge in [0.2, 0.25) is 0 Å². The monoisotopic (exact) mass is 469 g/mol. The zero-order chi connectivity index (χ0) is 17.1. The van der Waals surface area contributed by atoms with Crippen LogP contribution in [0.25, 0.3) is 10.9 Å². The summed E-state index contributed by atoms with van der Waals surface area (Å²) in [6.07, 6.45) is 3.13. The summed E-state index contributed by atoms with van der Waals surface area (Å²) in [7, 11) is 0. The smallest absolute Gasteiger partial charge is 0.263 e. The average Bonchev–Trinajstić information content (AvgIpc) is 2.57. The zero-order valence-electron chi connectivity index (χ0n) is 12.1. The Bertz CT molecular complexity index is 904. The molecule has 24 heavy (non-hydrogen) atoms. The van der Waals surface area contributed by atoms with E-state index in [0.29, 0.717) is 26.6 Å². The van der Waals surface area contributed by atoms with Gasteiger partial charge in [-0.05, 0) is 40.2 Å². The van der Waals surface area contributed by atoms with Gasteiger partial charge in [-0.3, -0.25) is 9.78 Å². The predicted molar refractivity (Wildman–Crippen MR) is 101 cm³/mol. The maximum absolute atomic E-state index is 12.0. The fourth-order valence-corrected chi connectivity index (χ4v) is 3.55. The molecule has 2 heterocycles. The first kappa shape index (κ1) is 17.1. The molecule has 3 aromatic rings. The number of anilines is 1. The van der Waals surface area contributed by atoms with Crippen LogP contribution in [0.4, 0.5) is 5.82 Å². The molecular formula is C16H10Br2ClN3O2. The molecule has 2 aromatic heterocycles. The van der Waals surface area contributed by atoms with E-state index in [1.807, 2.05) is 18.2 Å². The highest BCUT2D eigenvalue weighted by Gasteiger charge is 2.13. The molecule has 0 spiro atoms. The van der Waals surface area contributed by atoms with Crippen molar-refractivity contribution < 1.29 is 9.53 Å². The molecule has 5 nitrogen and oxygen atoms in total. The number of ether oxygens (including phenoxy) is 1. The second kappa shape index (κ2) is 7.46. The Balaban J connectivity index is 1.76. The van der Waals surface area contributed by atoms with Gasteiger partial charge in [-0.15, -0.1) is 0 Å². The molecule has 1 amide bonds. The number of nitrogens with zero attached hydrogens (tertiary/aromatic N) is 2. The molecule has 0 atom stereocenters. The van der Waals surface area contributed by atoms with E-state index in [9.17, 15) is 4.79 Å². The minimum atomic E-state index is -0.330. The van der Waals surface area contributed by atoms with Gasteiger partial charge in [0.15, 0.2) is 12.4 Å². The van der Waals surface area contributed by atoms with E-state index >= 15 is 0 Å². The molecule has 0 saturated heterocycles. The summed E-state index contributed by atoms with van der Waals surface area (Å²) >= 11 is 12.7. The molecule has 0 aliphatic rings. The topological polar surface area (TPSA) is 64.1 Å². The maximum Gasteiger partial charge on any atom is 0.263 e. The number of nitrogens with one attached hydrogen (secondary N) is 1. The molecule has 0 unspecified atom stereocenters. The van der Waals surface area contributed by atoms with Gasteiger partial charge in [0.05, 0.1) is 9.50 Å². The molecule has 3 rings (SSSR count). The Kier molecular flexibility index (Phi) is 5.33. The molecule has 0 bridgehead atoms. The van der Waals surface area contributed by atoms with E-state index in [-0.39, 0.29) is 12.5 Å². The van der Waals surface area contributed by atoms with Crippen molar-refractivity contribution in [2.45, 2.75) is 0 Å². The van der Waals surface area contributed by atoms with E-state index in [2.05, 4.69) is 47.1 Å². The maximum atomic E-state index is 12.0. The molecule has 122 valence electrons. The van der Waals surface area contributed by atoms with Gasteiger partial charge in [-0.2, -0.15) is 0 Å². The largest absolute Gasteiger partial charge is 0.480 e. The van der Waals surface area contributed by atoms with Crippen LogP contribution in [0.5, 0.6) is 5.75 Å². The molecule has 0 aliphatic heterocycles. The summed E-state index contributed by atoms with van der Waals surface area (Å²) in [6, 6.07) is 8.88.